The second-order valence-electron chi connectivity index (χ2n) is 10.3. The molecule has 1 aliphatic heterocycles. The summed E-state index contributed by atoms with van der Waals surface area (Å²) in [6.45, 7) is 1.54. The van der Waals surface area contributed by atoms with E-state index in [1.165, 1.54) is 29.2 Å². The molecule has 0 saturated carbocycles. The smallest absolute Gasteiger partial charge is 0.416 e. The number of para-hydroxylation sites is 1. The zero-order valence-electron chi connectivity index (χ0n) is 24.2. The highest BCUT2D eigenvalue weighted by atomic mass is 19.4. The summed E-state index contributed by atoms with van der Waals surface area (Å²) in [6, 6.07) is 13.3. The lowest BCUT2D eigenvalue weighted by Gasteiger charge is -2.36. The lowest BCUT2D eigenvalue weighted by molar-refractivity contribution is -0.143. The van der Waals surface area contributed by atoms with Crippen molar-refractivity contribution < 1.29 is 45.1 Å². The molecule has 240 valence electrons. The number of alkyl halides is 6. The van der Waals surface area contributed by atoms with Crippen molar-refractivity contribution in [2.45, 2.75) is 12.4 Å². The van der Waals surface area contributed by atoms with Crippen LogP contribution in [0.1, 0.15) is 37.4 Å². The fourth-order valence-electron chi connectivity index (χ4n) is 4.86. The summed E-state index contributed by atoms with van der Waals surface area (Å²) in [7, 11) is 1.55. The summed E-state index contributed by atoms with van der Waals surface area (Å²) < 4.78 is 98.4. The van der Waals surface area contributed by atoms with Crippen LogP contribution in [0.4, 0.5) is 30.7 Å². The van der Waals surface area contributed by atoms with Crippen molar-refractivity contribution in [3.63, 3.8) is 0 Å². The number of amides is 2. The van der Waals surface area contributed by atoms with Gasteiger partial charge >= 0.3 is 12.4 Å². The van der Waals surface area contributed by atoms with E-state index in [2.05, 4.69) is 0 Å². The van der Waals surface area contributed by atoms with Gasteiger partial charge in [0.2, 0.25) is 0 Å². The standard InChI is InChI=1S/C32H30F7N3O3/c1-45-28-7-3-2-5-22(28)6-4-12-41(29(43)23-8-10-27(33)11-9-23)16-13-40-14-17-42(18-15-40)30(44)24-19-25(31(34,35)36)21-26(20-24)32(37,38)39/h2-11,19-21H,12-18H2,1H3/b6-4+. The van der Waals surface area contributed by atoms with Crippen molar-refractivity contribution >= 4 is 17.9 Å². The van der Waals surface area contributed by atoms with E-state index in [1.807, 2.05) is 29.2 Å². The van der Waals surface area contributed by atoms with Gasteiger partial charge in [-0.25, -0.2) is 4.39 Å². The summed E-state index contributed by atoms with van der Waals surface area (Å²) >= 11 is 0. The second-order valence-corrected chi connectivity index (χ2v) is 10.3. The average Bonchev–Trinajstić information content (AvgIpc) is 3.01. The van der Waals surface area contributed by atoms with Gasteiger partial charge < -0.3 is 14.5 Å². The molecule has 0 aliphatic carbocycles. The first kappa shape index (κ1) is 33.5. The number of carbonyl (C=O) groups is 2. The Hall–Kier alpha value is -4.39. The minimum atomic E-state index is -5.06. The fraction of sp³-hybridized carbons (Fsp3) is 0.312. The van der Waals surface area contributed by atoms with Gasteiger partial charge in [0.25, 0.3) is 11.8 Å². The summed E-state index contributed by atoms with van der Waals surface area (Å²) in [5.74, 6) is -1.10. The molecule has 1 saturated heterocycles. The Morgan fingerprint density at radius 2 is 1.44 bits per heavy atom. The van der Waals surface area contributed by atoms with Gasteiger partial charge in [-0.3, -0.25) is 14.5 Å². The number of hydrogen-bond donors (Lipinski definition) is 0. The number of benzene rings is 3. The molecule has 6 nitrogen and oxygen atoms in total. The topological polar surface area (TPSA) is 53.1 Å². The highest BCUT2D eigenvalue weighted by molar-refractivity contribution is 5.95. The van der Waals surface area contributed by atoms with Gasteiger partial charge in [0.1, 0.15) is 11.6 Å². The Labute approximate surface area is 255 Å². The largest absolute Gasteiger partial charge is 0.496 e. The molecule has 3 aromatic rings. The van der Waals surface area contributed by atoms with Gasteiger partial charge in [-0.05, 0) is 48.5 Å². The van der Waals surface area contributed by atoms with Crippen LogP contribution in [0, 0.1) is 5.82 Å². The third-order valence-electron chi connectivity index (χ3n) is 7.32. The van der Waals surface area contributed by atoms with Crippen LogP contribution in [0.3, 0.4) is 0 Å². The van der Waals surface area contributed by atoms with Crippen molar-refractivity contribution in [3.05, 3.63) is 106 Å². The quantitative estimate of drug-likeness (QED) is 0.252. The first-order valence-corrected chi connectivity index (χ1v) is 13.9. The monoisotopic (exact) mass is 637 g/mol. The van der Waals surface area contributed by atoms with E-state index in [9.17, 15) is 40.3 Å². The second kappa shape index (κ2) is 14.1. The Morgan fingerprint density at radius 3 is 2.02 bits per heavy atom. The van der Waals surface area contributed by atoms with Crippen LogP contribution in [0.15, 0.2) is 72.8 Å². The Bertz CT molecular complexity index is 1480. The van der Waals surface area contributed by atoms with E-state index in [0.29, 0.717) is 24.4 Å². The maximum atomic E-state index is 13.5. The van der Waals surface area contributed by atoms with E-state index in [-0.39, 0.29) is 56.8 Å². The molecule has 1 heterocycles. The first-order chi connectivity index (χ1) is 21.3. The van der Waals surface area contributed by atoms with Crippen molar-refractivity contribution in [1.82, 2.24) is 14.7 Å². The average molecular weight is 638 g/mol. The van der Waals surface area contributed by atoms with Crippen LogP contribution in [0.25, 0.3) is 6.08 Å². The molecule has 0 radical (unpaired) electrons. The summed E-state index contributed by atoms with van der Waals surface area (Å²) in [6.07, 6.45) is -6.52. The lowest BCUT2D eigenvalue weighted by atomic mass is 10.0. The van der Waals surface area contributed by atoms with Crippen molar-refractivity contribution in [1.29, 1.82) is 0 Å². The number of piperazine rings is 1. The van der Waals surface area contributed by atoms with Crippen LogP contribution in [0.5, 0.6) is 5.75 Å². The van der Waals surface area contributed by atoms with Gasteiger partial charge in [-0.1, -0.05) is 30.4 Å². The summed E-state index contributed by atoms with van der Waals surface area (Å²) in [5.41, 5.74) is -2.70. The first-order valence-electron chi connectivity index (χ1n) is 13.9. The normalized spacial score (nSPS) is 14.5. The molecule has 0 spiro atoms. The fourth-order valence-corrected chi connectivity index (χ4v) is 4.86. The van der Waals surface area contributed by atoms with Gasteiger partial charge in [0, 0.05) is 62.5 Å². The molecule has 45 heavy (non-hydrogen) atoms. The Morgan fingerprint density at radius 1 is 0.844 bits per heavy atom. The number of carbonyl (C=O) groups excluding carboxylic acids is 2. The molecule has 0 N–H and O–H groups in total. The predicted octanol–water partition coefficient (Wildman–Crippen LogP) is 6.49. The number of nitrogens with zero attached hydrogens (tertiary/aromatic N) is 3. The Balaban J connectivity index is 1.42. The minimum Gasteiger partial charge on any atom is -0.496 e. The molecule has 0 bridgehead atoms. The van der Waals surface area contributed by atoms with Crippen molar-refractivity contribution in [3.8, 4) is 5.75 Å². The zero-order valence-corrected chi connectivity index (χ0v) is 24.2. The zero-order chi connectivity index (χ0) is 32.8. The molecule has 2 amide bonds. The van der Waals surface area contributed by atoms with E-state index in [1.54, 1.807) is 24.2 Å². The van der Waals surface area contributed by atoms with Crippen LogP contribution < -0.4 is 4.74 Å². The SMILES string of the molecule is COc1ccccc1/C=C/CN(CCN1CCN(C(=O)c2cc(C(F)(F)F)cc(C(F)(F)F)c2)CC1)C(=O)c1ccc(F)cc1. The minimum absolute atomic E-state index is 0.0146. The molecular weight excluding hydrogens is 607 g/mol. The Kier molecular flexibility index (Phi) is 10.5. The number of ether oxygens (including phenoxy) is 1. The third kappa shape index (κ3) is 8.84. The van der Waals surface area contributed by atoms with Crippen LogP contribution >= 0.6 is 0 Å². The van der Waals surface area contributed by atoms with Gasteiger partial charge in [0.05, 0.1) is 18.2 Å². The summed E-state index contributed by atoms with van der Waals surface area (Å²) in [4.78, 5) is 31.0. The molecule has 13 heteroatoms. The third-order valence-corrected chi connectivity index (χ3v) is 7.32. The van der Waals surface area contributed by atoms with E-state index >= 15 is 0 Å². The molecule has 0 unspecified atom stereocenters. The van der Waals surface area contributed by atoms with Crippen LogP contribution in [-0.4, -0.2) is 79.4 Å². The molecule has 1 fully saturated rings. The highest BCUT2D eigenvalue weighted by Gasteiger charge is 2.38. The van der Waals surface area contributed by atoms with Gasteiger partial charge in [0.15, 0.2) is 0 Å². The van der Waals surface area contributed by atoms with Crippen molar-refractivity contribution in [2.75, 3.05) is 52.9 Å². The van der Waals surface area contributed by atoms with Gasteiger partial charge in [-0.2, -0.15) is 26.3 Å². The van der Waals surface area contributed by atoms with E-state index < -0.39 is 40.8 Å². The van der Waals surface area contributed by atoms with Crippen LogP contribution in [0.2, 0.25) is 0 Å². The van der Waals surface area contributed by atoms with Gasteiger partial charge in [-0.15, -0.1) is 0 Å². The molecule has 4 rings (SSSR count). The van der Waals surface area contributed by atoms with E-state index in [0.717, 1.165) is 5.56 Å². The maximum absolute atomic E-state index is 13.5. The molecule has 0 aromatic heterocycles. The van der Waals surface area contributed by atoms with Crippen molar-refractivity contribution in [2.24, 2.45) is 0 Å². The number of methoxy groups -OCH3 is 1. The molecule has 0 atom stereocenters. The predicted molar refractivity (Wildman–Crippen MR) is 153 cm³/mol. The van der Waals surface area contributed by atoms with Crippen LogP contribution in [-0.2, 0) is 12.4 Å². The lowest BCUT2D eigenvalue weighted by Crippen LogP contribution is -2.50. The molecular formula is C32H30F7N3O3. The van der Waals surface area contributed by atoms with E-state index in [4.69, 9.17) is 4.74 Å². The molecule has 1 aliphatic rings. The highest BCUT2D eigenvalue weighted by Crippen LogP contribution is 2.36. The molecule has 3 aromatic carbocycles. The number of halogens is 7. The maximum Gasteiger partial charge on any atom is 0.416 e. The number of hydrogen-bond acceptors (Lipinski definition) is 4. The summed E-state index contributed by atoms with van der Waals surface area (Å²) in [5, 5.41) is 0. The number of rotatable bonds is 9.